The number of ether oxygens (including phenoxy) is 1. The summed E-state index contributed by atoms with van der Waals surface area (Å²) in [4.78, 5) is 28.5. The Hall–Kier alpha value is -3.10. The second-order valence-corrected chi connectivity index (χ2v) is 8.94. The van der Waals surface area contributed by atoms with Crippen LogP contribution in [0.4, 0.5) is 4.79 Å². The molecule has 1 atom stereocenters. The molecule has 0 saturated carbocycles. The number of imide groups is 1. The van der Waals surface area contributed by atoms with Gasteiger partial charge in [0, 0.05) is 0 Å². The van der Waals surface area contributed by atoms with Crippen LogP contribution in [0.25, 0.3) is 21.9 Å². The summed E-state index contributed by atoms with van der Waals surface area (Å²) in [6.07, 6.45) is 0.512. The fourth-order valence-electron chi connectivity index (χ4n) is 3.20. The Kier molecular flexibility index (Phi) is 5.02. The van der Waals surface area contributed by atoms with Crippen molar-refractivity contribution in [2.24, 2.45) is 0 Å². The highest BCUT2D eigenvalue weighted by Crippen LogP contribution is 2.28. The molecule has 2 aromatic carbocycles. The van der Waals surface area contributed by atoms with Gasteiger partial charge >= 0.3 is 0 Å². The van der Waals surface area contributed by atoms with Crippen LogP contribution in [0.15, 0.2) is 64.4 Å². The van der Waals surface area contributed by atoms with E-state index in [1.165, 1.54) is 0 Å². The van der Waals surface area contributed by atoms with Crippen molar-refractivity contribution in [3.63, 3.8) is 0 Å². The molecule has 0 spiro atoms. The van der Waals surface area contributed by atoms with Gasteiger partial charge in [-0.05, 0) is 53.3 Å². The van der Waals surface area contributed by atoms with Gasteiger partial charge in [-0.1, -0.05) is 36.0 Å². The van der Waals surface area contributed by atoms with E-state index < -0.39 is 0 Å². The van der Waals surface area contributed by atoms with E-state index in [1.54, 1.807) is 11.3 Å². The number of thioether (sulfide) groups is 1. The Labute approximate surface area is 180 Å². The number of fused-ring (bicyclic) bond motifs is 1. The minimum Gasteiger partial charge on any atom is -0.489 e. The lowest BCUT2D eigenvalue weighted by Crippen LogP contribution is -2.25. The molecule has 0 bridgehead atoms. The number of benzene rings is 2. The normalized spacial score (nSPS) is 16.2. The molecule has 8 heteroatoms. The number of hydrogen-bond acceptors (Lipinski definition) is 7. The van der Waals surface area contributed by atoms with Gasteiger partial charge in [0.15, 0.2) is 5.58 Å². The zero-order valence-electron chi connectivity index (χ0n) is 15.7. The van der Waals surface area contributed by atoms with Crippen molar-refractivity contribution < 1.29 is 18.7 Å². The summed E-state index contributed by atoms with van der Waals surface area (Å²) in [5, 5.41) is 3.66. The lowest BCUT2D eigenvalue weighted by atomic mass is 10.1. The molecule has 1 aliphatic heterocycles. The second kappa shape index (κ2) is 7.97. The molecule has 2 aromatic heterocycles. The third kappa shape index (κ3) is 3.96. The van der Waals surface area contributed by atoms with Crippen LogP contribution in [-0.2, 0) is 17.8 Å². The zero-order valence-corrected chi connectivity index (χ0v) is 17.3. The number of nitrogens with one attached hydrogen (secondary N) is 1. The molecule has 6 nitrogen and oxygen atoms in total. The molecule has 4 aromatic rings. The molecule has 30 heavy (non-hydrogen) atoms. The predicted molar refractivity (Wildman–Crippen MR) is 117 cm³/mol. The Balaban J connectivity index is 1.23. The van der Waals surface area contributed by atoms with E-state index in [0.29, 0.717) is 18.9 Å². The summed E-state index contributed by atoms with van der Waals surface area (Å²) in [5.41, 5.74) is 3.53. The van der Waals surface area contributed by atoms with Crippen LogP contribution in [0.1, 0.15) is 11.1 Å². The lowest BCUT2D eigenvalue weighted by molar-refractivity contribution is -0.118. The summed E-state index contributed by atoms with van der Waals surface area (Å²) in [7, 11) is 0. The molecule has 1 fully saturated rings. The van der Waals surface area contributed by atoms with Crippen LogP contribution in [-0.4, -0.2) is 21.4 Å². The van der Waals surface area contributed by atoms with Crippen molar-refractivity contribution >= 4 is 45.3 Å². The molecular formula is C22H16N2O4S2. The van der Waals surface area contributed by atoms with Gasteiger partial charge in [0.1, 0.15) is 17.9 Å². The Morgan fingerprint density at radius 2 is 1.90 bits per heavy atom. The van der Waals surface area contributed by atoms with Crippen LogP contribution >= 0.6 is 23.1 Å². The number of hydrogen-bond donors (Lipinski definition) is 1. The smallest absolute Gasteiger partial charge is 0.286 e. The summed E-state index contributed by atoms with van der Waals surface area (Å²) in [5.74, 6) is 1.14. The first-order chi connectivity index (χ1) is 14.6. The topological polar surface area (TPSA) is 81.4 Å². The maximum absolute atomic E-state index is 11.7. The zero-order chi connectivity index (χ0) is 20.5. The van der Waals surface area contributed by atoms with E-state index in [9.17, 15) is 9.59 Å². The third-order valence-electron chi connectivity index (χ3n) is 4.70. The van der Waals surface area contributed by atoms with Gasteiger partial charge in [0.25, 0.3) is 5.24 Å². The van der Waals surface area contributed by atoms with Crippen LogP contribution in [0.5, 0.6) is 5.75 Å². The maximum atomic E-state index is 11.7. The molecule has 5 rings (SSSR count). The van der Waals surface area contributed by atoms with Gasteiger partial charge in [-0.25, -0.2) is 4.98 Å². The molecule has 0 aliphatic carbocycles. The van der Waals surface area contributed by atoms with Gasteiger partial charge in [0.05, 0.1) is 10.1 Å². The monoisotopic (exact) mass is 436 g/mol. The summed E-state index contributed by atoms with van der Waals surface area (Å²) in [6, 6.07) is 17.4. The first kappa shape index (κ1) is 18.9. The Bertz CT molecular complexity index is 1220. The van der Waals surface area contributed by atoms with E-state index in [1.807, 2.05) is 60.0 Å². The molecule has 3 heterocycles. The average molecular weight is 437 g/mol. The van der Waals surface area contributed by atoms with Crippen molar-refractivity contribution in [2.75, 3.05) is 0 Å². The van der Waals surface area contributed by atoms with E-state index in [-0.39, 0.29) is 16.4 Å². The minimum atomic E-state index is -0.363. The molecule has 1 aliphatic rings. The second-order valence-electron chi connectivity index (χ2n) is 6.82. The predicted octanol–water partition coefficient (Wildman–Crippen LogP) is 5.03. The third-order valence-corrected chi connectivity index (χ3v) is 6.54. The fourth-order valence-corrected chi connectivity index (χ4v) is 4.71. The number of thiophene rings is 1. The first-order valence-corrected chi connectivity index (χ1v) is 11.1. The molecule has 1 saturated heterocycles. The molecule has 1 N–H and O–H groups in total. The van der Waals surface area contributed by atoms with Crippen molar-refractivity contribution in [3.8, 4) is 16.5 Å². The molecule has 2 amide bonds. The van der Waals surface area contributed by atoms with Gasteiger partial charge < -0.3 is 9.15 Å². The number of oxazole rings is 1. The highest BCUT2D eigenvalue weighted by atomic mass is 32.2. The van der Waals surface area contributed by atoms with Crippen molar-refractivity contribution in [1.82, 2.24) is 10.3 Å². The van der Waals surface area contributed by atoms with E-state index in [0.717, 1.165) is 44.6 Å². The van der Waals surface area contributed by atoms with Crippen LogP contribution in [0.2, 0.25) is 0 Å². The number of aromatic nitrogens is 1. The van der Waals surface area contributed by atoms with Crippen molar-refractivity contribution in [3.05, 3.63) is 71.1 Å². The first-order valence-electron chi connectivity index (χ1n) is 9.30. The molecule has 1 unspecified atom stereocenters. The number of carbonyl (C=O) groups excluding carboxylic acids is 2. The quantitative estimate of drug-likeness (QED) is 0.457. The lowest BCUT2D eigenvalue weighted by Gasteiger charge is -2.09. The number of amides is 2. The van der Waals surface area contributed by atoms with Gasteiger partial charge in [-0.3, -0.25) is 14.9 Å². The van der Waals surface area contributed by atoms with Gasteiger partial charge in [0.2, 0.25) is 11.8 Å². The Morgan fingerprint density at radius 1 is 1.07 bits per heavy atom. The standard InChI is InChI=1S/C22H16N2O4S2/c25-20-19(30-22(26)24-20)11-13-3-6-15(7-4-13)27-12-14-5-8-17-16(10-14)23-21(28-17)18-2-1-9-29-18/h1-10,19H,11-12H2,(H,24,25,26). The average Bonchev–Trinajstić information content (AvgIpc) is 3.47. The van der Waals surface area contributed by atoms with E-state index in [2.05, 4.69) is 10.3 Å². The largest absolute Gasteiger partial charge is 0.489 e. The molecule has 0 radical (unpaired) electrons. The summed E-state index contributed by atoms with van der Waals surface area (Å²) >= 11 is 2.63. The van der Waals surface area contributed by atoms with Crippen LogP contribution in [0.3, 0.4) is 0 Å². The van der Waals surface area contributed by atoms with Gasteiger partial charge in [-0.15, -0.1) is 11.3 Å². The Morgan fingerprint density at radius 3 is 2.63 bits per heavy atom. The molecular weight excluding hydrogens is 420 g/mol. The SMILES string of the molecule is O=C1NC(=O)C(Cc2ccc(OCc3ccc4oc(-c5cccs5)nc4c3)cc2)S1. The maximum Gasteiger partial charge on any atom is 0.286 e. The fraction of sp³-hybridized carbons (Fsp3) is 0.136. The van der Waals surface area contributed by atoms with Crippen molar-refractivity contribution in [1.29, 1.82) is 0 Å². The number of nitrogens with zero attached hydrogens (tertiary/aromatic N) is 1. The van der Waals surface area contributed by atoms with E-state index >= 15 is 0 Å². The number of rotatable bonds is 6. The summed E-state index contributed by atoms with van der Waals surface area (Å²) in [6.45, 7) is 0.409. The highest BCUT2D eigenvalue weighted by molar-refractivity contribution is 8.15. The van der Waals surface area contributed by atoms with E-state index in [4.69, 9.17) is 9.15 Å². The highest BCUT2D eigenvalue weighted by Gasteiger charge is 2.31. The van der Waals surface area contributed by atoms with Crippen molar-refractivity contribution in [2.45, 2.75) is 18.3 Å². The minimum absolute atomic E-state index is 0.226. The summed E-state index contributed by atoms with van der Waals surface area (Å²) < 4.78 is 11.7. The van der Waals surface area contributed by atoms with Gasteiger partial charge in [-0.2, -0.15) is 0 Å². The number of carbonyl (C=O) groups is 2. The molecule has 150 valence electrons. The van der Waals surface area contributed by atoms with Crippen LogP contribution < -0.4 is 10.1 Å². The van der Waals surface area contributed by atoms with Crippen LogP contribution in [0, 0.1) is 0 Å².